The summed E-state index contributed by atoms with van der Waals surface area (Å²) in [6.07, 6.45) is 5.17. The number of rotatable bonds is 8. The van der Waals surface area contributed by atoms with Gasteiger partial charge in [0.05, 0.1) is 32.2 Å². The average Bonchev–Trinajstić information content (AvgIpc) is 3.93. The van der Waals surface area contributed by atoms with Gasteiger partial charge in [0, 0.05) is 36.9 Å². The number of thiazole rings is 1. The number of hydrogen-bond acceptors (Lipinski definition) is 10. The van der Waals surface area contributed by atoms with Crippen LogP contribution in [0, 0.1) is 6.92 Å². The molecule has 0 saturated carbocycles. The van der Waals surface area contributed by atoms with Gasteiger partial charge < -0.3 is 15.4 Å². The highest BCUT2D eigenvalue weighted by molar-refractivity contribution is 7.89. The second-order valence-corrected chi connectivity index (χ2v) is 16.7. The largest absolute Gasteiger partial charge is 0.488 e. The maximum Gasteiger partial charge on any atom is 0.488 e. The SMILES string of the molecule is Cc1nc(C(=O)Nc2cc(-c3cccc(S(=O)(=O)N4CCCC4)c3)cc3[nH]ncc23)cs1.O=S(=O)(c1cccc(B(O)O)c1)N1CCCC1. The summed E-state index contributed by atoms with van der Waals surface area (Å²) in [7, 11) is -8.66. The summed E-state index contributed by atoms with van der Waals surface area (Å²) in [6.45, 7) is 4.03. The zero-order valence-electron chi connectivity index (χ0n) is 26.6. The number of fused-ring (bicyclic) bond motifs is 1. The number of benzene rings is 3. The molecule has 0 aliphatic carbocycles. The normalized spacial score (nSPS) is 15.7. The Morgan fingerprint density at radius 3 is 2.06 bits per heavy atom. The maximum atomic E-state index is 13.0. The number of nitrogens with one attached hydrogen (secondary N) is 2. The molecule has 17 heteroatoms. The highest BCUT2D eigenvalue weighted by atomic mass is 32.2. The van der Waals surface area contributed by atoms with Crippen molar-refractivity contribution in [1.29, 1.82) is 0 Å². The van der Waals surface area contributed by atoms with Gasteiger partial charge in [0.15, 0.2) is 0 Å². The molecule has 2 saturated heterocycles. The second kappa shape index (κ2) is 14.5. The monoisotopic (exact) mass is 722 g/mol. The summed E-state index contributed by atoms with van der Waals surface area (Å²) in [5.74, 6) is -0.306. The highest BCUT2D eigenvalue weighted by Crippen LogP contribution is 2.32. The van der Waals surface area contributed by atoms with Gasteiger partial charge in [-0.15, -0.1) is 11.3 Å². The standard InChI is InChI=1S/C22H21N5O3S2.C10H14BNO4S/c1-14-24-21(13-31-14)22(28)25-19-10-16(11-20-18(19)12-23-26-20)15-5-4-6-17(9-15)32(29,30)27-7-2-3-8-27;13-11(14)9-4-3-5-10(8-9)17(15,16)12-6-1-2-7-12/h4-6,9-13H,2-3,7-8H2,1H3,(H,23,26)(H,25,28);3-5,8,13-14H,1-2,6-7H2. The van der Waals surface area contributed by atoms with Crippen LogP contribution in [-0.2, 0) is 20.0 Å². The van der Waals surface area contributed by atoms with E-state index >= 15 is 0 Å². The van der Waals surface area contributed by atoms with E-state index in [0.717, 1.165) is 52.7 Å². The van der Waals surface area contributed by atoms with E-state index in [1.807, 2.05) is 25.1 Å². The van der Waals surface area contributed by atoms with Crippen LogP contribution in [0.25, 0.3) is 22.0 Å². The van der Waals surface area contributed by atoms with Crippen molar-refractivity contribution in [2.24, 2.45) is 0 Å². The molecule has 0 bridgehead atoms. The molecule has 0 radical (unpaired) electrons. The number of nitrogens with zero attached hydrogens (tertiary/aromatic N) is 4. The number of carbonyl (C=O) groups excluding carboxylic acids is 1. The molecule has 4 N–H and O–H groups in total. The van der Waals surface area contributed by atoms with E-state index in [9.17, 15) is 21.6 Å². The van der Waals surface area contributed by atoms with Crippen molar-refractivity contribution in [3.05, 3.63) is 82.9 Å². The minimum atomic E-state index is -3.53. The third kappa shape index (κ3) is 7.62. The molecule has 2 aliphatic heterocycles. The van der Waals surface area contributed by atoms with Gasteiger partial charge in [0.2, 0.25) is 20.0 Å². The third-order valence-corrected chi connectivity index (χ3v) is 13.0. The summed E-state index contributed by atoms with van der Waals surface area (Å²) in [5.41, 5.74) is 3.36. The number of aromatic amines is 1. The van der Waals surface area contributed by atoms with Crippen molar-refractivity contribution in [3.63, 3.8) is 0 Å². The van der Waals surface area contributed by atoms with Gasteiger partial charge in [-0.1, -0.05) is 24.3 Å². The van der Waals surface area contributed by atoms with Crippen molar-refractivity contribution in [2.75, 3.05) is 31.5 Å². The topological polar surface area (TPSA) is 186 Å². The van der Waals surface area contributed by atoms with Crippen molar-refractivity contribution in [1.82, 2.24) is 23.8 Å². The highest BCUT2D eigenvalue weighted by Gasteiger charge is 2.29. The predicted octanol–water partition coefficient (Wildman–Crippen LogP) is 3.18. The second-order valence-electron chi connectivity index (χ2n) is 11.8. The van der Waals surface area contributed by atoms with Crippen molar-refractivity contribution >= 4 is 66.5 Å². The van der Waals surface area contributed by atoms with Crippen molar-refractivity contribution in [2.45, 2.75) is 42.4 Å². The molecule has 49 heavy (non-hydrogen) atoms. The lowest BCUT2D eigenvalue weighted by Gasteiger charge is -2.16. The first kappa shape index (κ1) is 34.9. The summed E-state index contributed by atoms with van der Waals surface area (Å²) in [5, 5.41) is 31.3. The Labute approximate surface area is 288 Å². The minimum Gasteiger partial charge on any atom is -0.423 e. The summed E-state index contributed by atoms with van der Waals surface area (Å²) >= 11 is 1.41. The van der Waals surface area contributed by atoms with E-state index < -0.39 is 27.2 Å². The maximum absolute atomic E-state index is 13.0. The molecule has 2 fully saturated rings. The Bertz CT molecular complexity index is 2190. The first-order valence-electron chi connectivity index (χ1n) is 15.7. The van der Waals surface area contributed by atoms with E-state index in [-0.39, 0.29) is 21.2 Å². The number of sulfonamides is 2. The zero-order chi connectivity index (χ0) is 34.8. The van der Waals surface area contributed by atoms with Gasteiger partial charge in [-0.3, -0.25) is 9.89 Å². The van der Waals surface area contributed by atoms with Gasteiger partial charge in [-0.2, -0.15) is 13.7 Å². The molecule has 13 nitrogen and oxygen atoms in total. The molecule has 1 amide bonds. The van der Waals surface area contributed by atoms with Crippen LogP contribution in [0.5, 0.6) is 0 Å². The number of hydrogen-bond donors (Lipinski definition) is 4. The molecular weight excluding hydrogens is 687 g/mol. The number of aryl methyl sites for hydroxylation is 1. The van der Waals surface area contributed by atoms with Gasteiger partial charge in [-0.25, -0.2) is 21.8 Å². The van der Waals surface area contributed by atoms with Crippen LogP contribution in [0.15, 0.2) is 82.0 Å². The van der Waals surface area contributed by atoms with Gasteiger partial charge >= 0.3 is 7.12 Å². The van der Waals surface area contributed by atoms with E-state index in [4.69, 9.17) is 10.0 Å². The average molecular weight is 723 g/mol. The molecule has 0 atom stereocenters. The van der Waals surface area contributed by atoms with Gasteiger partial charge in [-0.05, 0) is 85.6 Å². The molecule has 2 aliphatic rings. The fraction of sp³-hybridized carbons (Fsp3) is 0.281. The van der Waals surface area contributed by atoms with Crippen LogP contribution in [0.1, 0.15) is 41.2 Å². The molecule has 256 valence electrons. The lowest BCUT2D eigenvalue weighted by Crippen LogP contribution is -2.32. The van der Waals surface area contributed by atoms with Crippen LogP contribution in [-0.4, -0.2) is 89.9 Å². The van der Waals surface area contributed by atoms with Crippen LogP contribution < -0.4 is 10.8 Å². The first-order valence-corrected chi connectivity index (χ1v) is 19.5. The molecule has 5 aromatic rings. The van der Waals surface area contributed by atoms with Crippen LogP contribution >= 0.6 is 11.3 Å². The number of H-pyrrole nitrogens is 1. The number of carbonyl (C=O) groups is 1. The summed E-state index contributed by atoms with van der Waals surface area (Å²) < 4.78 is 53.3. The molecular formula is C32H35BN6O7S3. The Morgan fingerprint density at radius 2 is 1.47 bits per heavy atom. The molecule has 3 aromatic carbocycles. The smallest absolute Gasteiger partial charge is 0.423 e. The first-order chi connectivity index (χ1) is 23.4. The summed E-state index contributed by atoms with van der Waals surface area (Å²) in [4.78, 5) is 17.3. The molecule has 2 aromatic heterocycles. The number of amides is 1. The number of aromatic nitrogens is 3. The fourth-order valence-corrected chi connectivity index (χ4v) is 9.53. The molecule has 0 unspecified atom stereocenters. The molecule has 4 heterocycles. The van der Waals surface area contributed by atoms with Gasteiger partial charge in [0.1, 0.15) is 5.69 Å². The third-order valence-electron chi connectivity index (χ3n) is 8.39. The predicted molar refractivity (Wildman–Crippen MR) is 189 cm³/mol. The van der Waals surface area contributed by atoms with E-state index in [0.29, 0.717) is 37.6 Å². The van der Waals surface area contributed by atoms with Crippen LogP contribution in [0.2, 0.25) is 0 Å². The summed E-state index contributed by atoms with van der Waals surface area (Å²) in [6, 6.07) is 16.4. The van der Waals surface area contributed by atoms with E-state index in [1.54, 1.807) is 29.8 Å². The van der Waals surface area contributed by atoms with Crippen LogP contribution in [0.3, 0.4) is 0 Å². The van der Waals surface area contributed by atoms with Crippen molar-refractivity contribution < 1.29 is 31.7 Å². The van der Waals surface area contributed by atoms with E-state index in [2.05, 4.69) is 20.5 Å². The van der Waals surface area contributed by atoms with Gasteiger partial charge in [0.25, 0.3) is 5.91 Å². The Balaban J connectivity index is 0.000000207. The quantitative estimate of drug-likeness (QED) is 0.175. The van der Waals surface area contributed by atoms with Crippen LogP contribution in [0.4, 0.5) is 5.69 Å². The lowest BCUT2D eigenvalue weighted by atomic mass is 9.80. The Kier molecular flexibility index (Phi) is 10.3. The zero-order valence-corrected chi connectivity index (χ0v) is 29.1. The minimum absolute atomic E-state index is 0.116. The van der Waals surface area contributed by atoms with Crippen molar-refractivity contribution in [3.8, 4) is 11.1 Å². The molecule has 0 spiro atoms. The Hall–Kier alpha value is -3.97. The van der Waals surface area contributed by atoms with E-state index in [1.165, 1.54) is 44.2 Å². The number of anilines is 1. The molecule has 7 rings (SSSR count). The Morgan fingerprint density at radius 1 is 0.857 bits per heavy atom. The fourth-order valence-electron chi connectivity index (χ4n) is 5.80. The lowest BCUT2D eigenvalue weighted by molar-refractivity contribution is 0.102.